The number of aliphatic hydroxyl groups is 1. The maximum Gasteiger partial charge on any atom is 0.573 e. The maximum absolute atomic E-state index is 13.3. The molecule has 0 aliphatic heterocycles. The third-order valence-corrected chi connectivity index (χ3v) is 2.54. The van der Waals surface area contributed by atoms with Gasteiger partial charge in [0.15, 0.2) is 0 Å². The summed E-state index contributed by atoms with van der Waals surface area (Å²) in [5.74, 6) is -0.960. The Balaban J connectivity index is 2.38. The van der Waals surface area contributed by atoms with Gasteiger partial charge in [0.1, 0.15) is 11.6 Å². The Kier molecular flexibility index (Phi) is 3.94. The first kappa shape index (κ1) is 14.3. The van der Waals surface area contributed by atoms with Gasteiger partial charge in [-0.15, -0.1) is 13.2 Å². The summed E-state index contributed by atoms with van der Waals surface area (Å²) in [6, 6.07) is 9.03. The van der Waals surface area contributed by atoms with E-state index in [0.29, 0.717) is 16.7 Å². The molecule has 0 heterocycles. The number of benzene rings is 2. The predicted molar refractivity (Wildman–Crippen MR) is 64.4 cm³/mol. The summed E-state index contributed by atoms with van der Waals surface area (Å²) in [5, 5.41) is 9.00. The SMILES string of the molecule is OCc1cc(F)cc(-c2cccc(OC(F)(F)F)c2)c1. The average Bonchev–Trinajstić information content (AvgIpc) is 2.36. The molecule has 2 aromatic carbocycles. The monoisotopic (exact) mass is 286 g/mol. The van der Waals surface area contributed by atoms with Gasteiger partial charge >= 0.3 is 6.36 Å². The van der Waals surface area contributed by atoms with E-state index in [9.17, 15) is 17.6 Å². The molecule has 0 fully saturated rings. The molecule has 0 unspecified atom stereocenters. The molecule has 20 heavy (non-hydrogen) atoms. The summed E-state index contributed by atoms with van der Waals surface area (Å²) in [4.78, 5) is 0. The van der Waals surface area contributed by atoms with E-state index in [4.69, 9.17) is 5.11 Å². The Morgan fingerprint density at radius 3 is 2.40 bits per heavy atom. The molecule has 1 N–H and O–H groups in total. The number of ether oxygens (including phenoxy) is 1. The van der Waals surface area contributed by atoms with E-state index in [0.717, 1.165) is 18.2 Å². The zero-order valence-corrected chi connectivity index (χ0v) is 10.1. The first-order valence-electron chi connectivity index (χ1n) is 5.64. The lowest BCUT2D eigenvalue weighted by Crippen LogP contribution is -2.17. The number of hydrogen-bond acceptors (Lipinski definition) is 2. The van der Waals surface area contributed by atoms with Crippen LogP contribution in [0.25, 0.3) is 11.1 Å². The van der Waals surface area contributed by atoms with Crippen LogP contribution in [0.15, 0.2) is 42.5 Å². The highest BCUT2D eigenvalue weighted by Crippen LogP contribution is 2.28. The fourth-order valence-corrected chi connectivity index (χ4v) is 1.78. The molecule has 2 rings (SSSR count). The number of halogens is 4. The van der Waals surface area contributed by atoms with Crippen LogP contribution in [0.1, 0.15) is 5.56 Å². The van der Waals surface area contributed by atoms with Crippen LogP contribution in [0.4, 0.5) is 17.6 Å². The van der Waals surface area contributed by atoms with Crippen LogP contribution in [0.2, 0.25) is 0 Å². The van der Waals surface area contributed by atoms with E-state index >= 15 is 0 Å². The normalized spacial score (nSPS) is 11.4. The van der Waals surface area contributed by atoms with Gasteiger partial charge in [-0.2, -0.15) is 0 Å². The smallest absolute Gasteiger partial charge is 0.406 e. The first-order chi connectivity index (χ1) is 9.37. The van der Waals surface area contributed by atoms with E-state index in [1.807, 2.05) is 0 Å². The zero-order chi connectivity index (χ0) is 14.8. The van der Waals surface area contributed by atoms with Crippen LogP contribution in [0.3, 0.4) is 0 Å². The van der Waals surface area contributed by atoms with Crippen molar-refractivity contribution in [2.75, 3.05) is 0 Å². The summed E-state index contributed by atoms with van der Waals surface area (Å²) in [6.07, 6.45) is -4.78. The third-order valence-electron chi connectivity index (χ3n) is 2.54. The second-order valence-corrected chi connectivity index (χ2v) is 4.08. The molecule has 106 valence electrons. The quantitative estimate of drug-likeness (QED) is 0.868. The lowest BCUT2D eigenvalue weighted by molar-refractivity contribution is -0.274. The molecule has 0 saturated carbocycles. The second kappa shape index (κ2) is 5.50. The first-order valence-corrected chi connectivity index (χ1v) is 5.64. The molecule has 6 heteroatoms. The summed E-state index contributed by atoms with van der Waals surface area (Å²) < 4.78 is 53.6. The van der Waals surface area contributed by atoms with Crippen molar-refractivity contribution < 1.29 is 27.4 Å². The highest BCUT2D eigenvalue weighted by atomic mass is 19.4. The summed E-state index contributed by atoms with van der Waals surface area (Å²) in [6.45, 7) is -0.358. The number of alkyl halides is 3. The van der Waals surface area contributed by atoms with E-state index in [2.05, 4.69) is 4.74 Å². The Labute approximate surface area is 112 Å². The van der Waals surface area contributed by atoms with Crippen LogP contribution in [0.5, 0.6) is 5.75 Å². The second-order valence-electron chi connectivity index (χ2n) is 4.08. The topological polar surface area (TPSA) is 29.5 Å². The van der Waals surface area contributed by atoms with Crippen LogP contribution in [0, 0.1) is 5.82 Å². The molecule has 0 amide bonds. The van der Waals surface area contributed by atoms with Crippen molar-refractivity contribution in [3.05, 3.63) is 53.8 Å². The highest BCUT2D eigenvalue weighted by Gasteiger charge is 2.31. The summed E-state index contributed by atoms with van der Waals surface area (Å²) >= 11 is 0. The molecule has 0 radical (unpaired) electrons. The number of rotatable bonds is 3. The van der Waals surface area contributed by atoms with Gasteiger partial charge in [0, 0.05) is 0 Å². The molecule has 0 spiro atoms. The van der Waals surface area contributed by atoms with Crippen LogP contribution in [-0.4, -0.2) is 11.5 Å². The van der Waals surface area contributed by atoms with Gasteiger partial charge in [0.05, 0.1) is 6.61 Å². The van der Waals surface area contributed by atoms with Gasteiger partial charge in [0.2, 0.25) is 0 Å². The Morgan fingerprint density at radius 1 is 1.00 bits per heavy atom. The molecule has 2 nitrogen and oxygen atoms in total. The third kappa shape index (κ3) is 3.71. The van der Waals surface area contributed by atoms with Gasteiger partial charge in [0.25, 0.3) is 0 Å². The van der Waals surface area contributed by atoms with Crippen LogP contribution < -0.4 is 4.74 Å². The number of aliphatic hydroxyl groups excluding tert-OH is 1. The molecule has 0 bridgehead atoms. The molecule has 0 aliphatic carbocycles. The predicted octanol–water partition coefficient (Wildman–Crippen LogP) is 3.88. The standard InChI is InChI=1S/C14H10F4O2/c15-12-5-9(8-19)4-11(6-12)10-2-1-3-13(7-10)20-14(16,17)18/h1-7,19H,8H2. The molecule has 0 atom stereocenters. The van der Waals surface area contributed by atoms with Crippen molar-refractivity contribution in [1.29, 1.82) is 0 Å². The van der Waals surface area contributed by atoms with E-state index in [1.54, 1.807) is 0 Å². The number of hydrogen-bond donors (Lipinski definition) is 1. The van der Waals surface area contributed by atoms with Crippen molar-refractivity contribution in [3.63, 3.8) is 0 Å². The fraction of sp³-hybridized carbons (Fsp3) is 0.143. The van der Waals surface area contributed by atoms with Crippen LogP contribution >= 0.6 is 0 Å². The highest BCUT2D eigenvalue weighted by molar-refractivity contribution is 5.65. The van der Waals surface area contributed by atoms with E-state index < -0.39 is 12.2 Å². The molecule has 0 aliphatic rings. The van der Waals surface area contributed by atoms with Gasteiger partial charge in [-0.3, -0.25) is 0 Å². The van der Waals surface area contributed by atoms with Gasteiger partial charge < -0.3 is 9.84 Å². The van der Waals surface area contributed by atoms with Gasteiger partial charge in [-0.1, -0.05) is 12.1 Å². The van der Waals surface area contributed by atoms with Crippen molar-refractivity contribution in [1.82, 2.24) is 0 Å². The van der Waals surface area contributed by atoms with Gasteiger partial charge in [-0.25, -0.2) is 4.39 Å². The molecule has 0 saturated heterocycles. The van der Waals surface area contributed by atoms with E-state index in [1.165, 1.54) is 24.3 Å². The van der Waals surface area contributed by atoms with Crippen molar-refractivity contribution in [2.45, 2.75) is 13.0 Å². The summed E-state index contributed by atoms with van der Waals surface area (Å²) in [5.41, 5.74) is 1.06. The minimum atomic E-state index is -4.78. The molecule has 0 aromatic heterocycles. The van der Waals surface area contributed by atoms with Crippen molar-refractivity contribution in [2.24, 2.45) is 0 Å². The Hall–Kier alpha value is -2.08. The minimum absolute atomic E-state index is 0.335. The van der Waals surface area contributed by atoms with Crippen LogP contribution in [-0.2, 0) is 6.61 Å². The minimum Gasteiger partial charge on any atom is -0.406 e. The van der Waals surface area contributed by atoms with Crippen molar-refractivity contribution in [3.8, 4) is 16.9 Å². The molecular weight excluding hydrogens is 276 g/mol. The van der Waals surface area contributed by atoms with Crippen molar-refractivity contribution >= 4 is 0 Å². The lowest BCUT2D eigenvalue weighted by atomic mass is 10.0. The Morgan fingerprint density at radius 2 is 1.75 bits per heavy atom. The maximum atomic E-state index is 13.3. The fourth-order valence-electron chi connectivity index (χ4n) is 1.78. The zero-order valence-electron chi connectivity index (χ0n) is 10.1. The lowest BCUT2D eigenvalue weighted by Gasteiger charge is -2.10. The largest absolute Gasteiger partial charge is 0.573 e. The van der Waals surface area contributed by atoms with E-state index in [-0.39, 0.29) is 12.4 Å². The van der Waals surface area contributed by atoms with Gasteiger partial charge in [-0.05, 0) is 47.0 Å². The molecular formula is C14H10F4O2. The summed E-state index contributed by atoms with van der Waals surface area (Å²) in [7, 11) is 0. The average molecular weight is 286 g/mol. The molecule has 2 aromatic rings. The Bertz CT molecular complexity index is 608.